The quantitative estimate of drug-likeness (QED) is 0.176. The highest BCUT2D eigenvalue weighted by molar-refractivity contribution is 5.70. The van der Waals surface area contributed by atoms with Gasteiger partial charge in [-0.1, -0.05) is 106 Å². The third-order valence-electron chi connectivity index (χ3n) is 12.0. The van der Waals surface area contributed by atoms with Gasteiger partial charge >= 0.3 is 5.97 Å². The molecule has 63 heavy (non-hydrogen) atoms. The summed E-state index contributed by atoms with van der Waals surface area (Å²) in [6.07, 6.45) is 8.10. The number of aliphatic hydroxyl groups is 10. The Labute approximate surface area is 372 Å². The average molecular weight is 894 g/mol. The summed E-state index contributed by atoms with van der Waals surface area (Å²) in [5.41, 5.74) is 6.06. The van der Waals surface area contributed by atoms with E-state index < -0.39 is 128 Å². The maximum Gasteiger partial charge on any atom is 0.308 e. The van der Waals surface area contributed by atoms with E-state index in [1.165, 1.54) is 0 Å². The predicted molar refractivity (Wildman–Crippen MR) is 235 cm³/mol. The Morgan fingerprint density at radius 2 is 1.08 bits per heavy atom. The minimum Gasteiger partial charge on any atom is -0.462 e. The van der Waals surface area contributed by atoms with Crippen molar-refractivity contribution < 1.29 is 74.8 Å². The lowest BCUT2D eigenvalue weighted by atomic mass is 9.84. The van der Waals surface area contributed by atoms with Crippen molar-refractivity contribution in [2.75, 3.05) is 0 Å². The van der Waals surface area contributed by atoms with Gasteiger partial charge in [-0.15, -0.1) is 0 Å². The summed E-state index contributed by atoms with van der Waals surface area (Å²) < 4.78 is 23.6. The molecule has 0 amide bonds. The van der Waals surface area contributed by atoms with Crippen LogP contribution >= 0.6 is 0 Å². The van der Waals surface area contributed by atoms with E-state index >= 15 is 0 Å². The second-order valence-corrected chi connectivity index (χ2v) is 17.6. The Balaban J connectivity index is 1.81. The van der Waals surface area contributed by atoms with Crippen molar-refractivity contribution >= 4 is 5.97 Å². The van der Waals surface area contributed by atoms with Crippen molar-refractivity contribution in [2.45, 2.75) is 183 Å². The van der Waals surface area contributed by atoms with Crippen molar-refractivity contribution in [2.24, 2.45) is 23.5 Å². The smallest absolute Gasteiger partial charge is 0.308 e. The van der Waals surface area contributed by atoms with Gasteiger partial charge in [-0.05, 0) is 39.5 Å². The van der Waals surface area contributed by atoms with E-state index in [1.54, 1.807) is 52.0 Å². The van der Waals surface area contributed by atoms with E-state index in [0.29, 0.717) is 0 Å². The number of rotatable bonds is 2. The molecular weight excluding hydrogens is 819 g/mol. The van der Waals surface area contributed by atoms with Gasteiger partial charge < -0.3 is 75.7 Å². The van der Waals surface area contributed by atoms with Gasteiger partial charge in [0.1, 0.15) is 12.2 Å². The molecule has 0 aromatic carbocycles. The predicted octanol–water partition coefficient (Wildman–Crippen LogP) is 1.65. The SMILES string of the molecule is CC1OC(OC2/C=C/C=C/C=C/C=C/C=C/C=C/C=C/[C@H](C)C(O)[C@@H](C)[C@H](C)OC(=O)CC(O)CC(O)CC(O)CC(O)CC(O)CC3(O)C[C@H](O)C(C)C(C2)O3)C(O)C(N)C1O. The van der Waals surface area contributed by atoms with Crippen LogP contribution in [0.25, 0.3) is 0 Å². The molecule has 3 aliphatic heterocycles. The summed E-state index contributed by atoms with van der Waals surface area (Å²) in [6, 6.07) is -1.05. The van der Waals surface area contributed by atoms with Crippen molar-refractivity contribution in [1.82, 2.24) is 0 Å². The molecule has 2 bridgehead atoms. The van der Waals surface area contributed by atoms with Crippen molar-refractivity contribution in [3.63, 3.8) is 0 Å². The number of nitrogens with two attached hydrogens (primary N) is 1. The number of allylic oxidation sites excluding steroid dienone is 12. The zero-order valence-electron chi connectivity index (χ0n) is 37.2. The second-order valence-electron chi connectivity index (χ2n) is 17.6. The van der Waals surface area contributed by atoms with Crippen molar-refractivity contribution in [1.29, 1.82) is 0 Å². The molecule has 16 nitrogen and oxygen atoms in total. The summed E-state index contributed by atoms with van der Waals surface area (Å²) in [4.78, 5) is 12.6. The fourth-order valence-electron chi connectivity index (χ4n) is 7.93. The highest BCUT2D eigenvalue weighted by Crippen LogP contribution is 2.37. The highest BCUT2D eigenvalue weighted by atomic mass is 16.7. The molecule has 0 spiro atoms. The first kappa shape index (κ1) is 54.4. The van der Waals surface area contributed by atoms with Crippen LogP contribution in [0.5, 0.6) is 0 Å². The fourth-order valence-corrected chi connectivity index (χ4v) is 7.93. The van der Waals surface area contributed by atoms with E-state index in [-0.39, 0.29) is 44.4 Å². The zero-order chi connectivity index (χ0) is 46.9. The Bertz CT molecular complexity index is 1570. The van der Waals surface area contributed by atoms with Crippen LogP contribution in [-0.4, -0.2) is 155 Å². The number of esters is 1. The third kappa shape index (κ3) is 18.8. The Morgan fingerprint density at radius 3 is 1.63 bits per heavy atom. The molecule has 19 atom stereocenters. The minimum absolute atomic E-state index is 0.0568. The van der Waals surface area contributed by atoms with Crippen LogP contribution in [0.1, 0.15) is 86.0 Å². The van der Waals surface area contributed by atoms with Crippen LogP contribution in [0.3, 0.4) is 0 Å². The molecule has 0 saturated carbocycles. The number of carbonyl (C=O) groups excluding carboxylic acids is 1. The standard InChI is InChI=1S/C47H75NO15/c1-28-18-16-14-12-10-8-6-7-9-11-13-15-17-19-38(62-46-45(58)42(48)44(57)32(5)61-46)25-40-30(3)39(54)27-47(59,63-40)26-37(53)23-35(51)21-33(49)20-34(50)22-36(52)24-41(55)60-31(4)29(2)43(28)56/h6-19,28-40,42-46,49-54,56-59H,20-27,48H2,1-5H3/b7-6+,10-8+,11-9+,14-12+,15-13+,18-16+,19-17+/t28-,29-,30?,31-,32?,33?,34?,35?,36?,37?,38?,39-,40?,42?,43?,44?,45?,46?,47?/m0/s1. The van der Waals surface area contributed by atoms with Crippen molar-refractivity contribution in [3.8, 4) is 0 Å². The van der Waals surface area contributed by atoms with Crippen LogP contribution in [0.4, 0.5) is 0 Å². The topological polar surface area (TPSA) is 282 Å². The molecule has 0 aromatic heterocycles. The Kier molecular flexibility index (Phi) is 23.2. The lowest BCUT2D eigenvalue weighted by Gasteiger charge is -2.45. The molecule has 0 aliphatic carbocycles. The number of hydrogen-bond donors (Lipinski definition) is 11. The lowest BCUT2D eigenvalue weighted by molar-refractivity contribution is -0.308. The molecule has 15 unspecified atom stereocenters. The van der Waals surface area contributed by atoms with Crippen LogP contribution in [0.2, 0.25) is 0 Å². The second kappa shape index (κ2) is 26.9. The number of carbonyl (C=O) groups is 1. The van der Waals surface area contributed by atoms with E-state index in [2.05, 4.69) is 0 Å². The maximum atomic E-state index is 12.6. The van der Waals surface area contributed by atoms with Crippen LogP contribution in [0, 0.1) is 17.8 Å². The molecular formula is C47H75NO15. The zero-order valence-corrected chi connectivity index (χ0v) is 37.2. The Morgan fingerprint density at radius 1 is 0.587 bits per heavy atom. The molecule has 12 N–H and O–H groups in total. The summed E-state index contributed by atoms with van der Waals surface area (Å²) in [7, 11) is 0. The molecule has 2 saturated heterocycles. The molecule has 0 aromatic rings. The first-order valence-electron chi connectivity index (χ1n) is 22.2. The molecule has 16 heteroatoms. The van der Waals surface area contributed by atoms with E-state index in [1.807, 2.05) is 67.7 Å². The maximum absolute atomic E-state index is 12.6. The van der Waals surface area contributed by atoms with Gasteiger partial charge in [0.25, 0.3) is 0 Å². The average Bonchev–Trinajstić information content (AvgIpc) is 3.19. The summed E-state index contributed by atoms with van der Waals surface area (Å²) in [6.45, 7) is 8.60. The highest BCUT2D eigenvalue weighted by Gasteiger charge is 2.47. The molecule has 3 aliphatic rings. The van der Waals surface area contributed by atoms with Gasteiger partial charge in [-0.25, -0.2) is 0 Å². The van der Waals surface area contributed by atoms with Gasteiger partial charge in [0.15, 0.2) is 12.1 Å². The van der Waals surface area contributed by atoms with Gasteiger partial charge in [-0.3, -0.25) is 4.79 Å². The summed E-state index contributed by atoms with van der Waals surface area (Å²) >= 11 is 0. The first-order valence-corrected chi connectivity index (χ1v) is 22.2. The first-order chi connectivity index (χ1) is 29.7. The summed E-state index contributed by atoms with van der Waals surface area (Å²) in [5, 5.41) is 108. The fraction of sp³-hybridized carbons (Fsp3) is 0.681. The molecule has 358 valence electrons. The van der Waals surface area contributed by atoms with Gasteiger partial charge in [0.2, 0.25) is 0 Å². The van der Waals surface area contributed by atoms with Gasteiger partial charge in [0.05, 0.1) is 79.6 Å². The van der Waals surface area contributed by atoms with E-state index in [4.69, 9.17) is 24.7 Å². The number of ether oxygens (including phenoxy) is 4. The van der Waals surface area contributed by atoms with Crippen LogP contribution in [0.15, 0.2) is 85.1 Å². The molecule has 2 fully saturated rings. The van der Waals surface area contributed by atoms with Crippen LogP contribution < -0.4 is 5.73 Å². The van der Waals surface area contributed by atoms with E-state index in [0.717, 1.165) is 0 Å². The Hall–Kier alpha value is -2.91. The van der Waals surface area contributed by atoms with Crippen molar-refractivity contribution in [3.05, 3.63) is 85.1 Å². The molecule has 3 heterocycles. The number of cyclic esters (lactones) is 1. The van der Waals surface area contributed by atoms with E-state index in [9.17, 15) is 55.9 Å². The van der Waals surface area contributed by atoms with Gasteiger partial charge in [-0.2, -0.15) is 0 Å². The van der Waals surface area contributed by atoms with Crippen LogP contribution in [-0.2, 0) is 23.7 Å². The summed E-state index contributed by atoms with van der Waals surface area (Å²) in [5.74, 6) is -3.95. The number of hydrogen-bond acceptors (Lipinski definition) is 16. The number of aliphatic hydroxyl groups excluding tert-OH is 9. The molecule has 0 radical (unpaired) electrons. The third-order valence-corrected chi connectivity index (χ3v) is 12.0. The monoisotopic (exact) mass is 894 g/mol. The minimum atomic E-state index is -2.03. The largest absolute Gasteiger partial charge is 0.462 e. The lowest BCUT2D eigenvalue weighted by Crippen LogP contribution is -2.61. The number of fused-ring (bicyclic) bond motifs is 2. The van der Waals surface area contributed by atoms with Gasteiger partial charge in [0, 0.05) is 37.0 Å². The normalized spacial score (nSPS) is 46.6. The molecule has 3 rings (SSSR count).